The molecule has 0 bridgehead atoms. The van der Waals surface area contributed by atoms with Crippen LogP contribution in [0.15, 0.2) is 53.6 Å². The third-order valence-electron chi connectivity index (χ3n) is 6.44. The Labute approximate surface area is 180 Å². The lowest BCUT2D eigenvalue weighted by molar-refractivity contribution is -0.132. The standard InChI is InChI=1S/C26H35NO3/c1-8-18(10-11-19(9-2)24(29)30)17(3)23(28)27-20-12-13-21-22(16-20)26(6,7)15-14-25(21,4)5/h9,11-13,16H,2,8,10,14-15H2,1,3-7H3,(H,27,28)(H,29,30). The van der Waals surface area contributed by atoms with Gasteiger partial charge in [-0.1, -0.05) is 65.0 Å². The minimum Gasteiger partial charge on any atom is -0.478 e. The van der Waals surface area contributed by atoms with Gasteiger partial charge in [0.05, 0.1) is 5.57 Å². The zero-order valence-electron chi connectivity index (χ0n) is 19.2. The van der Waals surface area contributed by atoms with Crippen molar-refractivity contribution in [3.05, 3.63) is 64.8 Å². The Morgan fingerprint density at radius 1 is 1.13 bits per heavy atom. The fraction of sp³-hybridized carbons (Fsp3) is 0.462. The van der Waals surface area contributed by atoms with Gasteiger partial charge in [0.1, 0.15) is 0 Å². The lowest BCUT2D eigenvalue weighted by Crippen LogP contribution is -2.33. The van der Waals surface area contributed by atoms with Crippen molar-refractivity contribution < 1.29 is 14.7 Å². The zero-order chi connectivity index (χ0) is 22.7. The van der Waals surface area contributed by atoms with Crippen molar-refractivity contribution in [1.82, 2.24) is 0 Å². The van der Waals surface area contributed by atoms with Crippen molar-refractivity contribution in [3.8, 4) is 0 Å². The van der Waals surface area contributed by atoms with E-state index in [1.165, 1.54) is 17.2 Å². The van der Waals surface area contributed by atoms with Crippen LogP contribution in [0.4, 0.5) is 5.69 Å². The summed E-state index contributed by atoms with van der Waals surface area (Å²) in [6.07, 6.45) is 6.28. The summed E-state index contributed by atoms with van der Waals surface area (Å²) in [5.74, 6) is -1.16. The lowest BCUT2D eigenvalue weighted by Gasteiger charge is -2.42. The van der Waals surface area contributed by atoms with Crippen LogP contribution in [0, 0.1) is 0 Å². The first-order chi connectivity index (χ1) is 13.9. The van der Waals surface area contributed by atoms with Gasteiger partial charge in [-0.05, 0) is 66.7 Å². The highest BCUT2D eigenvalue weighted by molar-refractivity contribution is 6.04. The van der Waals surface area contributed by atoms with Crippen molar-refractivity contribution in [2.75, 3.05) is 5.32 Å². The highest BCUT2D eigenvalue weighted by Gasteiger charge is 2.37. The number of benzene rings is 1. The van der Waals surface area contributed by atoms with Crippen LogP contribution in [0.2, 0.25) is 0 Å². The highest BCUT2D eigenvalue weighted by Crippen LogP contribution is 2.46. The summed E-state index contributed by atoms with van der Waals surface area (Å²) >= 11 is 0. The van der Waals surface area contributed by atoms with E-state index in [1.54, 1.807) is 13.0 Å². The molecular weight excluding hydrogens is 374 g/mol. The maximum atomic E-state index is 12.9. The molecule has 0 saturated heterocycles. The van der Waals surface area contributed by atoms with Crippen LogP contribution in [-0.2, 0) is 20.4 Å². The van der Waals surface area contributed by atoms with Crippen molar-refractivity contribution in [2.24, 2.45) is 0 Å². The molecule has 1 aliphatic rings. The predicted octanol–water partition coefficient (Wildman–Crippen LogP) is 6.29. The van der Waals surface area contributed by atoms with E-state index in [0.717, 1.165) is 24.1 Å². The van der Waals surface area contributed by atoms with E-state index >= 15 is 0 Å². The second-order valence-corrected chi connectivity index (χ2v) is 9.44. The van der Waals surface area contributed by atoms with Crippen LogP contribution in [-0.4, -0.2) is 17.0 Å². The Morgan fingerprint density at radius 3 is 2.27 bits per heavy atom. The second kappa shape index (κ2) is 9.03. The zero-order valence-corrected chi connectivity index (χ0v) is 19.2. The van der Waals surface area contributed by atoms with Gasteiger partial charge in [-0.3, -0.25) is 4.79 Å². The molecule has 1 aliphatic carbocycles. The molecule has 1 aromatic carbocycles. The fourth-order valence-corrected chi connectivity index (χ4v) is 4.11. The molecule has 4 heteroatoms. The van der Waals surface area contributed by atoms with E-state index in [-0.39, 0.29) is 22.3 Å². The van der Waals surface area contributed by atoms with E-state index in [1.807, 2.05) is 13.0 Å². The smallest absolute Gasteiger partial charge is 0.335 e. The number of carbonyl (C=O) groups excluding carboxylic acids is 1. The van der Waals surface area contributed by atoms with E-state index in [4.69, 9.17) is 5.11 Å². The van der Waals surface area contributed by atoms with E-state index < -0.39 is 5.97 Å². The Kier molecular flexibility index (Phi) is 7.12. The number of rotatable bonds is 7. The normalized spacial score (nSPS) is 18.1. The summed E-state index contributed by atoms with van der Waals surface area (Å²) in [5, 5.41) is 12.2. The van der Waals surface area contributed by atoms with Crippen molar-refractivity contribution in [3.63, 3.8) is 0 Å². The molecule has 0 saturated carbocycles. The fourth-order valence-electron chi connectivity index (χ4n) is 4.11. The van der Waals surface area contributed by atoms with Gasteiger partial charge >= 0.3 is 5.97 Å². The summed E-state index contributed by atoms with van der Waals surface area (Å²) in [6, 6.07) is 6.25. The number of allylic oxidation sites excluding steroid dienone is 2. The van der Waals surface area contributed by atoms with Gasteiger partial charge in [0.2, 0.25) is 0 Å². The molecule has 0 heterocycles. The molecular formula is C26H35NO3. The molecule has 0 aromatic heterocycles. The summed E-state index contributed by atoms with van der Waals surface area (Å²) in [5.41, 5.74) is 5.35. The van der Waals surface area contributed by atoms with Crippen molar-refractivity contribution in [2.45, 2.75) is 78.1 Å². The molecule has 2 N–H and O–H groups in total. The molecule has 0 radical (unpaired) electrons. The molecule has 2 rings (SSSR count). The van der Waals surface area contributed by atoms with Crippen LogP contribution in [0.3, 0.4) is 0 Å². The Balaban J connectivity index is 2.29. The molecule has 30 heavy (non-hydrogen) atoms. The maximum absolute atomic E-state index is 12.9. The van der Waals surface area contributed by atoms with Gasteiger partial charge in [0.15, 0.2) is 0 Å². The molecule has 0 atom stereocenters. The van der Waals surface area contributed by atoms with Gasteiger partial charge in [-0.25, -0.2) is 4.79 Å². The SMILES string of the molecule is C=CC(=CCC(CC)=C(C)C(=O)Nc1ccc2c(c1)C(C)(C)CCC2(C)C)C(=O)O. The van der Waals surface area contributed by atoms with Crippen LogP contribution >= 0.6 is 0 Å². The summed E-state index contributed by atoms with van der Waals surface area (Å²) in [7, 11) is 0. The van der Waals surface area contributed by atoms with Crippen LogP contribution < -0.4 is 5.32 Å². The van der Waals surface area contributed by atoms with Gasteiger partial charge in [-0.2, -0.15) is 0 Å². The number of carbonyl (C=O) groups is 2. The third kappa shape index (κ3) is 5.10. The lowest BCUT2D eigenvalue weighted by atomic mass is 9.63. The topological polar surface area (TPSA) is 66.4 Å². The van der Waals surface area contributed by atoms with Gasteiger partial charge in [-0.15, -0.1) is 0 Å². The number of anilines is 1. The largest absolute Gasteiger partial charge is 0.478 e. The Hall–Kier alpha value is -2.62. The molecule has 0 spiro atoms. The first-order valence-electron chi connectivity index (χ1n) is 10.6. The van der Waals surface area contributed by atoms with E-state index in [0.29, 0.717) is 18.4 Å². The Morgan fingerprint density at radius 2 is 1.73 bits per heavy atom. The average Bonchev–Trinajstić information content (AvgIpc) is 2.68. The number of nitrogens with one attached hydrogen (secondary N) is 1. The summed E-state index contributed by atoms with van der Waals surface area (Å²) < 4.78 is 0. The molecule has 1 amide bonds. The van der Waals surface area contributed by atoms with Gasteiger partial charge in [0, 0.05) is 11.3 Å². The number of hydrogen-bond donors (Lipinski definition) is 2. The quantitative estimate of drug-likeness (QED) is 0.411. The number of hydrogen-bond acceptors (Lipinski definition) is 2. The maximum Gasteiger partial charge on any atom is 0.335 e. The van der Waals surface area contributed by atoms with Crippen molar-refractivity contribution in [1.29, 1.82) is 0 Å². The number of fused-ring (bicyclic) bond motifs is 1. The summed E-state index contributed by atoms with van der Waals surface area (Å²) in [4.78, 5) is 24.0. The highest BCUT2D eigenvalue weighted by atomic mass is 16.4. The minimum atomic E-state index is -1.01. The minimum absolute atomic E-state index is 0.0772. The van der Waals surface area contributed by atoms with E-state index in [2.05, 4.69) is 51.7 Å². The molecule has 0 aliphatic heterocycles. The van der Waals surface area contributed by atoms with Crippen molar-refractivity contribution >= 4 is 17.6 Å². The van der Waals surface area contributed by atoms with Crippen LogP contribution in [0.25, 0.3) is 0 Å². The van der Waals surface area contributed by atoms with E-state index in [9.17, 15) is 9.59 Å². The monoisotopic (exact) mass is 409 g/mol. The number of aliphatic carboxylic acids is 1. The first-order valence-corrected chi connectivity index (χ1v) is 10.6. The number of amides is 1. The predicted molar refractivity (Wildman–Crippen MR) is 124 cm³/mol. The average molecular weight is 410 g/mol. The second-order valence-electron chi connectivity index (χ2n) is 9.44. The molecule has 162 valence electrons. The van der Waals surface area contributed by atoms with Crippen LogP contribution in [0.1, 0.15) is 78.4 Å². The molecule has 0 fully saturated rings. The Bertz CT molecular complexity index is 916. The molecule has 1 aromatic rings. The number of carboxylic acids is 1. The number of carboxylic acid groups (broad SMARTS) is 1. The summed E-state index contributed by atoms with van der Waals surface area (Å²) in [6.45, 7) is 16.4. The van der Waals surface area contributed by atoms with Crippen LogP contribution in [0.5, 0.6) is 0 Å². The van der Waals surface area contributed by atoms with Gasteiger partial charge in [0.25, 0.3) is 5.91 Å². The molecule has 4 nitrogen and oxygen atoms in total. The van der Waals surface area contributed by atoms with Gasteiger partial charge < -0.3 is 10.4 Å². The molecule has 0 unspecified atom stereocenters. The third-order valence-corrected chi connectivity index (χ3v) is 6.44. The first kappa shape index (κ1) is 23.7.